The third-order valence-electron chi connectivity index (χ3n) is 7.75. The molecule has 47 heavy (non-hydrogen) atoms. The minimum atomic E-state index is -0.0968. The zero-order valence-corrected chi connectivity index (χ0v) is 29.3. The van der Waals surface area contributed by atoms with Crippen molar-refractivity contribution in [2.75, 3.05) is 55.4 Å². The van der Waals surface area contributed by atoms with Gasteiger partial charge in [-0.3, -0.25) is 9.13 Å². The summed E-state index contributed by atoms with van der Waals surface area (Å²) in [6, 6.07) is 0. The second-order valence-corrected chi connectivity index (χ2v) is 12.7. The number of aromatic nitrogens is 8. The van der Waals surface area contributed by atoms with Crippen LogP contribution in [0.3, 0.4) is 0 Å². The Bertz CT molecular complexity index is 1670. The van der Waals surface area contributed by atoms with Gasteiger partial charge in [0.15, 0.2) is 38.7 Å². The molecule has 0 aliphatic carbocycles. The van der Waals surface area contributed by atoms with Gasteiger partial charge in [0.1, 0.15) is 25.1 Å². The Labute approximate surface area is 283 Å². The Morgan fingerprint density at radius 3 is 1.83 bits per heavy atom. The van der Waals surface area contributed by atoms with Crippen molar-refractivity contribution in [3.05, 3.63) is 40.7 Å². The fourth-order valence-corrected chi connectivity index (χ4v) is 6.00. The van der Waals surface area contributed by atoms with E-state index < -0.39 is 0 Å². The molecule has 0 radical (unpaired) electrons. The molecule has 0 spiro atoms. The van der Waals surface area contributed by atoms with E-state index in [0.717, 1.165) is 85.6 Å². The Balaban J connectivity index is 0.000000186. The molecule has 2 atom stereocenters. The molecule has 0 saturated carbocycles. The Morgan fingerprint density at radius 2 is 1.32 bits per heavy atom. The van der Waals surface area contributed by atoms with Crippen LogP contribution >= 0.6 is 15.9 Å². The van der Waals surface area contributed by atoms with Crippen molar-refractivity contribution in [1.82, 2.24) is 39.0 Å². The lowest BCUT2D eigenvalue weighted by molar-refractivity contribution is -0.0311. The zero-order chi connectivity index (χ0) is 33.2. The van der Waals surface area contributed by atoms with Crippen molar-refractivity contribution in [2.24, 2.45) is 0 Å². The van der Waals surface area contributed by atoms with E-state index in [0.29, 0.717) is 30.4 Å². The number of nitrogens with zero attached hydrogens (tertiary/aromatic N) is 8. The molecule has 254 valence electrons. The number of hydrogen-bond donors (Lipinski definition) is 4. The van der Waals surface area contributed by atoms with E-state index in [1.54, 1.807) is 12.7 Å². The number of rotatable bonds is 11. The number of ether oxygens (including phenoxy) is 2. The van der Waals surface area contributed by atoms with Gasteiger partial charge in [0.05, 0.1) is 6.61 Å². The molecule has 6 heterocycles. The molecule has 4 N–H and O–H groups in total. The van der Waals surface area contributed by atoms with Gasteiger partial charge in [0.25, 0.3) is 0 Å². The topological polar surface area (TPSA) is 162 Å². The first-order valence-corrected chi connectivity index (χ1v) is 17.1. The van der Waals surface area contributed by atoms with Crippen molar-refractivity contribution >= 4 is 55.8 Å². The van der Waals surface area contributed by atoms with Crippen molar-refractivity contribution in [2.45, 2.75) is 78.7 Å². The van der Waals surface area contributed by atoms with Gasteiger partial charge < -0.3 is 30.5 Å². The average Bonchev–Trinajstić information content (AvgIpc) is 3.62. The van der Waals surface area contributed by atoms with Gasteiger partial charge in [-0.05, 0) is 82.1 Å². The van der Waals surface area contributed by atoms with Crippen LogP contribution in [0.2, 0.25) is 0 Å². The first-order chi connectivity index (χ1) is 22.9. The van der Waals surface area contributed by atoms with Gasteiger partial charge in [-0.2, -0.15) is 0 Å². The number of aliphatic hydroxyl groups excluding tert-OH is 1. The first kappa shape index (κ1) is 34.7. The molecular formula is C32H46BrN11O3. The van der Waals surface area contributed by atoms with Gasteiger partial charge in [-0.25, -0.2) is 29.9 Å². The van der Waals surface area contributed by atoms with E-state index in [1.807, 2.05) is 9.13 Å². The lowest BCUT2D eigenvalue weighted by Crippen LogP contribution is -2.21. The highest BCUT2D eigenvalue weighted by molar-refractivity contribution is 9.10. The smallest absolute Gasteiger partial charge is 0.207 e. The summed E-state index contributed by atoms with van der Waals surface area (Å²) in [5, 5.41) is 18.9. The number of fused-ring (bicyclic) bond motifs is 2. The van der Waals surface area contributed by atoms with Crippen LogP contribution in [0.15, 0.2) is 40.7 Å². The summed E-state index contributed by atoms with van der Waals surface area (Å²) in [7, 11) is 0. The molecule has 0 aromatic carbocycles. The summed E-state index contributed by atoms with van der Waals surface area (Å²) in [6.45, 7) is 11.6. The number of aliphatic hydroxyl groups is 1. The Kier molecular flexibility index (Phi) is 12.5. The van der Waals surface area contributed by atoms with Gasteiger partial charge in [-0.1, -0.05) is 23.3 Å². The molecule has 2 fully saturated rings. The number of hydrogen-bond acceptors (Lipinski definition) is 12. The van der Waals surface area contributed by atoms with Crippen LogP contribution in [-0.4, -0.2) is 83.6 Å². The number of nitrogens with one attached hydrogen (secondary N) is 3. The normalized spacial score (nSPS) is 17.9. The third-order valence-corrected chi connectivity index (χ3v) is 8.31. The first-order valence-electron chi connectivity index (χ1n) is 16.3. The van der Waals surface area contributed by atoms with Crippen LogP contribution in [0.1, 0.15) is 78.7 Å². The van der Waals surface area contributed by atoms with Gasteiger partial charge in [0, 0.05) is 32.8 Å². The van der Waals surface area contributed by atoms with E-state index in [-0.39, 0.29) is 19.1 Å². The van der Waals surface area contributed by atoms with Crippen molar-refractivity contribution in [3.63, 3.8) is 0 Å². The summed E-state index contributed by atoms with van der Waals surface area (Å²) in [6.07, 6.45) is 13.6. The van der Waals surface area contributed by atoms with Crippen molar-refractivity contribution < 1.29 is 14.6 Å². The van der Waals surface area contributed by atoms with Gasteiger partial charge in [-0.15, -0.1) is 0 Å². The van der Waals surface area contributed by atoms with Crippen LogP contribution < -0.4 is 16.0 Å². The molecule has 2 unspecified atom stereocenters. The molecule has 2 aliphatic heterocycles. The van der Waals surface area contributed by atoms with E-state index >= 15 is 0 Å². The minimum absolute atomic E-state index is 0.00587. The van der Waals surface area contributed by atoms with E-state index in [4.69, 9.17) is 14.6 Å². The Hall–Kier alpha value is -3.66. The van der Waals surface area contributed by atoms with Crippen LogP contribution in [0.25, 0.3) is 22.3 Å². The molecule has 2 saturated heterocycles. The second-order valence-electron chi connectivity index (χ2n) is 12.0. The lowest BCUT2D eigenvalue weighted by atomic mass is 10.2. The molecular weight excluding hydrogens is 666 g/mol. The number of allylic oxidation sites excluding steroid dienone is 2. The molecule has 15 heteroatoms. The maximum absolute atomic E-state index is 9.15. The van der Waals surface area contributed by atoms with Gasteiger partial charge in [0.2, 0.25) is 5.95 Å². The monoisotopic (exact) mass is 711 g/mol. The number of halogens is 1. The third kappa shape index (κ3) is 8.83. The predicted octanol–water partition coefficient (Wildman–Crippen LogP) is 5.97. The molecule has 2 aliphatic rings. The summed E-state index contributed by atoms with van der Waals surface area (Å²) in [5.74, 6) is 2.10. The average molecular weight is 713 g/mol. The fourth-order valence-electron chi connectivity index (χ4n) is 5.43. The zero-order valence-electron chi connectivity index (χ0n) is 27.7. The number of imidazole rings is 2. The van der Waals surface area contributed by atoms with Crippen molar-refractivity contribution in [1.29, 1.82) is 0 Å². The molecule has 4 aromatic rings. The maximum atomic E-state index is 9.15. The van der Waals surface area contributed by atoms with Gasteiger partial charge >= 0.3 is 0 Å². The molecule has 0 amide bonds. The second kappa shape index (κ2) is 16.9. The van der Waals surface area contributed by atoms with E-state index in [9.17, 15) is 0 Å². The fraction of sp³-hybridized carbons (Fsp3) is 0.562. The highest BCUT2D eigenvalue weighted by atomic mass is 79.9. The predicted molar refractivity (Wildman–Crippen MR) is 187 cm³/mol. The van der Waals surface area contributed by atoms with Crippen LogP contribution in [0.4, 0.5) is 17.6 Å². The lowest BCUT2D eigenvalue weighted by Gasteiger charge is -2.25. The minimum Gasteiger partial charge on any atom is -0.395 e. The SMILES string of the molecule is CC(C)=CCNc1ncnc2c1nc(Br)n2C1CCCCO1.CC(C)=CCNc1ncnc2c1nc(NCCO)n2C1CCCCO1. The van der Waals surface area contributed by atoms with Crippen LogP contribution in [0, 0.1) is 0 Å². The molecule has 6 rings (SSSR count). The highest BCUT2D eigenvalue weighted by Gasteiger charge is 2.25. The maximum Gasteiger partial charge on any atom is 0.207 e. The van der Waals surface area contributed by atoms with E-state index in [2.05, 4.69) is 102 Å². The highest BCUT2D eigenvalue weighted by Crippen LogP contribution is 2.33. The molecule has 4 aromatic heterocycles. The van der Waals surface area contributed by atoms with E-state index in [1.165, 1.54) is 11.1 Å². The Morgan fingerprint density at radius 1 is 0.787 bits per heavy atom. The molecule has 0 bridgehead atoms. The van der Waals surface area contributed by atoms with Crippen LogP contribution in [-0.2, 0) is 9.47 Å². The largest absolute Gasteiger partial charge is 0.395 e. The van der Waals surface area contributed by atoms with Crippen LogP contribution in [0.5, 0.6) is 0 Å². The quantitative estimate of drug-likeness (QED) is 0.107. The number of anilines is 3. The molecule has 14 nitrogen and oxygen atoms in total. The standard InChI is InChI=1S/C17H26N6O2.C15H20BrN5O/c1-12(2)6-7-18-15-14-16(21-11-20-15)23(13-5-3-4-10-25-13)17(22-14)19-8-9-24;1-10(2)6-7-17-13-12-14(19-9-18-13)21(15(16)20-12)11-5-3-4-8-22-11/h6,11,13,24H,3-5,7-10H2,1-2H3,(H,19,22)(H,18,20,21);6,9,11H,3-5,7-8H2,1-2H3,(H,17,18,19). The summed E-state index contributed by atoms with van der Waals surface area (Å²) in [4.78, 5) is 26.8. The summed E-state index contributed by atoms with van der Waals surface area (Å²) in [5.41, 5.74) is 5.52. The summed E-state index contributed by atoms with van der Waals surface area (Å²) >= 11 is 3.54. The van der Waals surface area contributed by atoms with Crippen molar-refractivity contribution in [3.8, 4) is 0 Å². The summed E-state index contributed by atoms with van der Waals surface area (Å²) < 4.78 is 16.5.